The van der Waals surface area contributed by atoms with Crippen LogP contribution in [0.2, 0.25) is 0 Å². The molecule has 3 rings (SSSR count). The molecule has 0 aliphatic carbocycles. The van der Waals surface area contributed by atoms with Crippen LogP contribution in [0.4, 0.5) is 0 Å². The zero-order chi connectivity index (χ0) is 19.9. The number of nitrogens with one attached hydrogen (secondary N) is 2. The molecule has 8 heteroatoms. The van der Waals surface area contributed by atoms with E-state index in [4.69, 9.17) is 0 Å². The number of guanidine groups is 1. The number of halogens is 1. The summed E-state index contributed by atoms with van der Waals surface area (Å²) in [6.45, 7) is 7.72. The lowest BCUT2D eigenvalue weighted by Gasteiger charge is -2.15. The first-order valence-corrected chi connectivity index (χ1v) is 10.4. The fourth-order valence-corrected chi connectivity index (χ4v) is 3.92. The molecular formula is C21H29IN6S. The van der Waals surface area contributed by atoms with Crippen molar-refractivity contribution in [1.82, 2.24) is 25.4 Å². The van der Waals surface area contributed by atoms with Crippen LogP contribution >= 0.6 is 35.3 Å². The zero-order valence-corrected chi connectivity index (χ0v) is 20.5. The van der Waals surface area contributed by atoms with Gasteiger partial charge >= 0.3 is 0 Å². The number of para-hydroxylation sites is 1. The quantitative estimate of drug-likeness (QED) is 0.278. The molecule has 1 aromatic carbocycles. The molecule has 6 nitrogen and oxygen atoms in total. The Bertz CT molecular complexity index is 946. The first-order valence-electron chi connectivity index (χ1n) is 9.60. The Morgan fingerprint density at radius 2 is 2.00 bits per heavy atom. The zero-order valence-electron chi connectivity index (χ0n) is 17.4. The van der Waals surface area contributed by atoms with E-state index in [-0.39, 0.29) is 24.0 Å². The summed E-state index contributed by atoms with van der Waals surface area (Å²) in [5.74, 6) is 0.787. The summed E-state index contributed by atoms with van der Waals surface area (Å²) in [5.41, 5.74) is 4.41. The molecule has 3 aromatic rings. The topological polar surface area (TPSA) is 67.1 Å². The van der Waals surface area contributed by atoms with Gasteiger partial charge in [0.15, 0.2) is 5.96 Å². The van der Waals surface area contributed by atoms with Crippen LogP contribution in [-0.4, -0.2) is 34.3 Å². The first-order chi connectivity index (χ1) is 13.6. The average Bonchev–Trinajstić information content (AvgIpc) is 3.30. The number of aliphatic imine (C=N–C) groups is 1. The molecular weight excluding hydrogens is 495 g/mol. The molecule has 0 saturated carbocycles. The van der Waals surface area contributed by atoms with Crippen LogP contribution in [0.25, 0.3) is 5.69 Å². The molecule has 0 unspecified atom stereocenters. The second-order valence-corrected chi connectivity index (χ2v) is 7.84. The van der Waals surface area contributed by atoms with Crippen molar-refractivity contribution in [2.75, 3.05) is 13.6 Å². The van der Waals surface area contributed by atoms with E-state index < -0.39 is 0 Å². The average molecular weight is 524 g/mol. The van der Waals surface area contributed by atoms with Crippen LogP contribution in [0.1, 0.15) is 33.8 Å². The van der Waals surface area contributed by atoms with Crippen molar-refractivity contribution < 1.29 is 0 Å². The van der Waals surface area contributed by atoms with Crippen molar-refractivity contribution in [2.45, 2.75) is 40.2 Å². The normalized spacial score (nSPS) is 11.2. The Hall–Kier alpha value is -1.94. The summed E-state index contributed by atoms with van der Waals surface area (Å²) < 4.78 is 2.00. The molecule has 0 fully saturated rings. The first kappa shape index (κ1) is 23.3. The monoisotopic (exact) mass is 524 g/mol. The standard InChI is InChI=1S/C21H28N6S.HI/c1-5-18-14-24-20(28-18)10-11-23-21(22-4)25-13-17-8-6-7-9-19(17)27-16(3)12-15(2)26-27;/h6-9,12,14H,5,10-11,13H2,1-4H3,(H2,22,23,25);1H. The molecule has 29 heavy (non-hydrogen) atoms. The van der Waals surface area contributed by atoms with Gasteiger partial charge in [0.2, 0.25) is 0 Å². The third kappa shape index (κ3) is 6.27. The highest BCUT2D eigenvalue weighted by Crippen LogP contribution is 2.17. The van der Waals surface area contributed by atoms with Crippen LogP contribution in [0.3, 0.4) is 0 Å². The highest BCUT2D eigenvalue weighted by Gasteiger charge is 2.09. The van der Waals surface area contributed by atoms with Crippen molar-refractivity contribution >= 4 is 41.3 Å². The predicted molar refractivity (Wildman–Crippen MR) is 132 cm³/mol. The molecule has 0 aliphatic rings. The van der Waals surface area contributed by atoms with Gasteiger partial charge in [-0.25, -0.2) is 9.67 Å². The van der Waals surface area contributed by atoms with Gasteiger partial charge in [-0.2, -0.15) is 5.10 Å². The van der Waals surface area contributed by atoms with E-state index in [0.717, 1.165) is 47.4 Å². The van der Waals surface area contributed by atoms with Gasteiger partial charge in [-0.05, 0) is 38.0 Å². The van der Waals surface area contributed by atoms with Crippen molar-refractivity contribution in [1.29, 1.82) is 0 Å². The lowest BCUT2D eigenvalue weighted by molar-refractivity contribution is 0.774. The molecule has 0 atom stereocenters. The Morgan fingerprint density at radius 3 is 2.66 bits per heavy atom. The second-order valence-electron chi connectivity index (χ2n) is 6.64. The van der Waals surface area contributed by atoms with E-state index in [1.165, 1.54) is 10.4 Å². The van der Waals surface area contributed by atoms with E-state index in [2.05, 4.69) is 63.8 Å². The van der Waals surface area contributed by atoms with Crippen molar-refractivity contribution in [3.63, 3.8) is 0 Å². The maximum Gasteiger partial charge on any atom is 0.191 e. The number of thiazole rings is 1. The molecule has 0 aliphatic heterocycles. The van der Waals surface area contributed by atoms with Gasteiger partial charge in [-0.1, -0.05) is 25.1 Å². The minimum atomic E-state index is 0. The lowest BCUT2D eigenvalue weighted by Crippen LogP contribution is -2.38. The van der Waals surface area contributed by atoms with Gasteiger partial charge in [-0.3, -0.25) is 4.99 Å². The summed E-state index contributed by atoms with van der Waals surface area (Å²) >= 11 is 1.78. The Labute approximate surface area is 193 Å². The van der Waals surface area contributed by atoms with E-state index in [1.807, 2.05) is 23.9 Å². The van der Waals surface area contributed by atoms with Gasteiger partial charge in [0.05, 0.1) is 16.4 Å². The predicted octanol–water partition coefficient (Wildman–Crippen LogP) is 4.03. The van der Waals surface area contributed by atoms with Crippen LogP contribution in [-0.2, 0) is 19.4 Å². The van der Waals surface area contributed by atoms with Crippen LogP contribution in [0, 0.1) is 13.8 Å². The summed E-state index contributed by atoms with van der Waals surface area (Å²) in [6.07, 6.45) is 3.92. The Morgan fingerprint density at radius 1 is 1.21 bits per heavy atom. The maximum absolute atomic E-state index is 4.62. The molecule has 0 bridgehead atoms. The van der Waals surface area contributed by atoms with Crippen LogP contribution in [0.15, 0.2) is 41.5 Å². The summed E-state index contributed by atoms with van der Waals surface area (Å²) in [7, 11) is 1.79. The number of aryl methyl sites for hydroxylation is 3. The molecule has 2 N–H and O–H groups in total. The van der Waals surface area contributed by atoms with Crippen molar-refractivity contribution in [3.05, 3.63) is 63.4 Å². The molecule has 2 heterocycles. The number of nitrogens with zero attached hydrogens (tertiary/aromatic N) is 4. The molecule has 0 spiro atoms. The highest BCUT2D eigenvalue weighted by molar-refractivity contribution is 14.0. The van der Waals surface area contributed by atoms with Crippen molar-refractivity contribution in [2.24, 2.45) is 4.99 Å². The largest absolute Gasteiger partial charge is 0.356 e. The Kier molecular flexibility index (Phi) is 9.09. The molecule has 2 aromatic heterocycles. The lowest BCUT2D eigenvalue weighted by atomic mass is 10.1. The van der Waals surface area contributed by atoms with Gasteiger partial charge in [0.25, 0.3) is 0 Å². The second kappa shape index (κ2) is 11.3. The minimum Gasteiger partial charge on any atom is -0.356 e. The SMILES string of the molecule is CCc1cnc(CCNC(=NC)NCc2ccccc2-n2nc(C)cc2C)s1.I. The molecule has 156 valence electrons. The van der Waals surface area contributed by atoms with Gasteiger partial charge in [0, 0.05) is 43.3 Å². The van der Waals surface area contributed by atoms with E-state index in [0.29, 0.717) is 6.54 Å². The van der Waals surface area contributed by atoms with E-state index in [1.54, 1.807) is 18.4 Å². The smallest absolute Gasteiger partial charge is 0.191 e. The number of rotatable bonds is 7. The summed E-state index contributed by atoms with van der Waals surface area (Å²) in [4.78, 5) is 10.1. The van der Waals surface area contributed by atoms with E-state index in [9.17, 15) is 0 Å². The minimum absolute atomic E-state index is 0. The highest BCUT2D eigenvalue weighted by atomic mass is 127. The molecule has 0 radical (unpaired) electrons. The number of hydrogen-bond acceptors (Lipinski definition) is 4. The third-order valence-electron chi connectivity index (χ3n) is 4.48. The van der Waals surface area contributed by atoms with Gasteiger partial charge in [-0.15, -0.1) is 35.3 Å². The summed E-state index contributed by atoms with van der Waals surface area (Å²) in [6, 6.07) is 10.4. The Balaban J connectivity index is 0.00000300. The fraction of sp³-hybridized carbons (Fsp3) is 0.381. The van der Waals surface area contributed by atoms with Crippen molar-refractivity contribution in [3.8, 4) is 5.69 Å². The van der Waals surface area contributed by atoms with Gasteiger partial charge < -0.3 is 10.6 Å². The summed E-state index contributed by atoms with van der Waals surface area (Å²) in [5, 5.41) is 12.6. The third-order valence-corrected chi connectivity index (χ3v) is 5.68. The number of hydrogen-bond donors (Lipinski definition) is 2. The molecule has 0 saturated heterocycles. The fourth-order valence-electron chi connectivity index (χ4n) is 3.05. The maximum atomic E-state index is 4.62. The van der Waals surface area contributed by atoms with Crippen LogP contribution < -0.4 is 10.6 Å². The number of benzene rings is 1. The number of aromatic nitrogens is 3. The van der Waals surface area contributed by atoms with Gasteiger partial charge in [0.1, 0.15) is 0 Å². The molecule has 0 amide bonds. The van der Waals surface area contributed by atoms with Crippen LogP contribution in [0.5, 0.6) is 0 Å². The van der Waals surface area contributed by atoms with E-state index >= 15 is 0 Å².